The van der Waals surface area contributed by atoms with E-state index in [2.05, 4.69) is 30.5 Å². The highest BCUT2D eigenvalue weighted by atomic mass is 32.2. The van der Waals surface area contributed by atoms with Crippen LogP contribution in [0.25, 0.3) is 0 Å². The molecule has 0 aliphatic carbocycles. The minimum atomic E-state index is 0.284. The van der Waals surface area contributed by atoms with E-state index in [0.717, 1.165) is 12.6 Å². The van der Waals surface area contributed by atoms with Gasteiger partial charge in [0.05, 0.1) is 0 Å². The molecule has 2 saturated heterocycles. The largest absolute Gasteiger partial charge is 0.329 e. The predicted octanol–water partition coefficient (Wildman–Crippen LogP) is 2.86. The molecular weight excluding hydrogens is 228 g/mol. The summed E-state index contributed by atoms with van der Waals surface area (Å²) in [5, 5.41) is 0.696. The Labute approximate surface area is 111 Å². The van der Waals surface area contributed by atoms with Crippen LogP contribution in [0.15, 0.2) is 0 Å². The summed E-state index contributed by atoms with van der Waals surface area (Å²) in [4.78, 5) is 2.77. The van der Waals surface area contributed by atoms with Crippen LogP contribution in [0, 0.1) is 0 Å². The third-order valence-corrected chi connectivity index (χ3v) is 6.32. The highest BCUT2D eigenvalue weighted by Crippen LogP contribution is 2.40. The molecule has 3 heteroatoms. The van der Waals surface area contributed by atoms with Crippen molar-refractivity contribution in [2.75, 3.05) is 18.8 Å². The molecule has 0 bridgehead atoms. The number of nitrogens with two attached hydrogens (primary N) is 1. The number of hydrogen-bond acceptors (Lipinski definition) is 3. The SMILES string of the molecule is CC1CCCCCN1C1(CN)CCCSC1C. The molecule has 2 rings (SSSR count). The van der Waals surface area contributed by atoms with Crippen molar-refractivity contribution in [3.63, 3.8) is 0 Å². The average molecular weight is 256 g/mol. The van der Waals surface area contributed by atoms with Gasteiger partial charge in [-0.2, -0.15) is 11.8 Å². The molecule has 0 aromatic carbocycles. The number of thioether (sulfide) groups is 1. The third kappa shape index (κ3) is 2.66. The fourth-order valence-corrected chi connectivity index (χ4v) is 5.02. The molecule has 2 heterocycles. The van der Waals surface area contributed by atoms with Gasteiger partial charge in [0.15, 0.2) is 0 Å². The van der Waals surface area contributed by atoms with E-state index in [4.69, 9.17) is 5.73 Å². The molecule has 0 spiro atoms. The van der Waals surface area contributed by atoms with Crippen LogP contribution in [-0.4, -0.2) is 40.6 Å². The normalized spacial score (nSPS) is 41.1. The van der Waals surface area contributed by atoms with Gasteiger partial charge in [0.1, 0.15) is 0 Å². The van der Waals surface area contributed by atoms with Gasteiger partial charge < -0.3 is 5.73 Å². The summed E-state index contributed by atoms with van der Waals surface area (Å²) < 4.78 is 0. The fourth-order valence-electron chi connectivity index (χ4n) is 3.70. The first-order valence-electron chi connectivity index (χ1n) is 7.29. The molecule has 17 heavy (non-hydrogen) atoms. The van der Waals surface area contributed by atoms with Crippen molar-refractivity contribution >= 4 is 11.8 Å². The monoisotopic (exact) mass is 256 g/mol. The molecule has 2 aliphatic rings. The zero-order valence-electron chi connectivity index (χ0n) is 11.5. The Morgan fingerprint density at radius 1 is 1.24 bits per heavy atom. The van der Waals surface area contributed by atoms with E-state index in [0.29, 0.717) is 5.25 Å². The second-order valence-electron chi connectivity index (χ2n) is 5.82. The predicted molar refractivity (Wildman–Crippen MR) is 77.6 cm³/mol. The van der Waals surface area contributed by atoms with Crippen molar-refractivity contribution < 1.29 is 0 Å². The number of likely N-dealkylation sites (tertiary alicyclic amines) is 1. The molecule has 3 atom stereocenters. The Kier molecular flexibility index (Phi) is 4.79. The molecule has 2 fully saturated rings. The Hall–Kier alpha value is 0.270. The number of hydrogen-bond donors (Lipinski definition) is 1. The van der Waals surface area contributed by atoms with Crippen LogP contribution in [0.5, 0.6) is 0 Å². The summed E-state index contributed by atoms with van der Waals surface area (Å²) in [5.41, 5.74) is 6.50. The molecule has 3 unspecified atom stereocenters. The van der Waals surface area contributed by atoms with E-state index in [-0.39, 0.29) is 5.54 Å². The highest BCUT2D eigenvalue weighted by molar-refractivity contribution is 8.00. The van der Waals surface area contributed by atoms with Gasteiger partial charge in [0, 0.05) is 23.4 Å². The van der Waals surface area contributed by atoms with Gasteiger partial charge in [-0.3, -0.25) is 4.90 Å². The van der Waals surface area contributed by atoms with Crippen molar-refractivity contribution in [3.05, 3.63) is 0 Å². The molecular formula is C14H28N2S. The van der Waals surface area contributed by atoms with Crippen LogP contribution in [0.3, 0.4) is 0 Å². The van der Waals surface area contributed by atoms with E-state index >= 15 is 0 Å². The number of nitrogens with zero attached hydrogens (tertiary/aromatic N) is 1. The van der Waals surface area contributed by atoms with Gasteiger partial charge in [-0.1, -0.05) is 19.8 Å². The maximum absolute atomic E-state index is 6.22. The quantitative estimate of drug-likeness (QED) is 0.824. The van der Waals surface area contributed by atoms with Gasteiger partial charge >= 0.3 is 0 Å². The highest BCUT2D eigenvalue weighted by Gasteiger charge is 2.44. The van der Waals surface area contributed by atoms with Crippen molar-refractivity contribution in [3.8, 4) is 0 Å². The van der Waals surface area contributed by atoms with E-state index in [9.17, 15) is 0 Å². The molecule has 2 N–H and O–H groups in total. The van der Waals surface area contributed by atoms with Crippen molar-refractivity contribution in [2.45, 2.75) is 69.2 Å². The summed E-state index contributed by atoms with van der Waals surface area (Å²) in [6, 6.07) is 0.724. The zero-order chi connectivity index (χ0) is 12.3. The lowest BCUT2D eigenvalue weighted by molar-refractivity contribution is 0.0474. The minimum absolute atomic E-state index is 0.284. The third-order valence-electron chi connectivity index (χ3n) is 4.86. The summed E-state index contributed by atoms with van der Waals surface area (Å²) in [6.45, 7) is 6.91. The summed E-state index contributed by atoms with van der Waals surface area (Å²) in [7, 11) is 0. The van der Waals surface area contributed by atoms with E-state index in [1.807, 2.05) is 0 Å². The summed E-state index contributed by atoms with van der Waals surface area (Å²) >= 11 is 2.13. The van der Waals surface area contributed by atoms with Crippen molar-refractivity contribution in [2.24, 2.45) is 5.73 Å². The first kappa shape index (κ1) is 13.7. The Morgan fingerprint density at radius 3 is 2.76 bits per heavy atom. The second kappa shape index (κ2) is 5.94. The molecule has 0 saturated carbocycles. The lowest BCUT2D eigenvalue weighted by atomic mass is 9.86. The minimum Gasteiger partial charge on any atom is -0.329 e. The van der Waals surface area contributed by atoms with Gasteiger partial charge in [0.25, 0.3) is 0 Å². The molecule has 2 aliphatic heterocycles. The Bertz CT molecular complexity index is 246. The molecule has 0 amide bonds. The Morgan fingerprint density at radius 2 is 2.06 bits per heavy atom. The lowest BCUT2D eigenvalue weighted by Crippen LogP contribution is -2.63. The summed E-state index contributed by atoms with van der Waals surface area (Å²) in [6.07, 6.45) is 8.18. The van der Waals surface area contributed by atoms with Gasteiger partial charge in [-0.25, -0.2) is 0 Å². The van der Waals surface area contributed by atoms with Crippen LogP contribution in [0.2, 0.25) is 0 Å². The average Bonchev–Trinajstić information content (AvgIpc) is 2.56. The standard InChI is InChI=1S/C14H28N2S/c1-12-7-4-3-5-9-16(12)14(11-15)8-6-10-17-13(14)2/h12-13H,3-11,15H2,1-2H3. The maximum atomic E-state index is 6.22. The molecule has 100 valence electrons. The van der Waals surface area contributed by atoms with Gasteiger partial charge in [-0.15, -0.1) is 0 Å². The molecule has 0 radical (unpaired) electrons. The van der Waals surface area contributed by atoms with Crippen LogP contribution in [0.4, 0.5) is 0 Å². The molecule has 2 nitrogen and oxygen atoms in total. The van der Waals surface area contributed by atoms with E-state index < -0.39 is 0 Å². The van der Waals surface area contributed by atoms with E-state index in [1.165, 1.54) is 50.8 Å². The van der Waals surface area contributed by atoms with E-state index in [1.54, 1.807) is 0 Å². The topological polar surface area (TPSA) is 29.3 Å². The zero-order valence-corrected chi connectivity index (χ0v) is 12.3. The molecule has 0 aromatic rings. The van der Waals surface area contributed by atoms with Crippen molar-refractivity contribution in [1.29, 1.82) is 0 Å². The Balaban J connectivity index is 2.19. The van der Waals surface area contributed by atoms with Crippen LogP contribution >= 0.6 is 11.8 Å². The smallest absolute Gasteiger partial charge is 0.0450 e. The second-order valence-corrected chi connectivity index (χ2v) is 7.26. The lowest BCUT2D eigenvalue weighted by Gasteiger charge is -2.51. The maximum Gasteiger partial charge on any atom is 0.0450 e. The van der Waals surface area contributed by atoms with Gasteiger partial charge in [0.2, 0.25) is 0 Å². The van der Waals surface area contributed by atoms with Crippen LogP contribution < -0.4 is 5.73 Å². The van der Waals surface area contributed by atoms with Crippen LogP contribution in [-0.2, 0) is 0 Å². The van der Waals surface area contributed by atoms with Crippen LogP contribution in [0.1, 0.15) is 52.4 Å². The molecule has 0 aromatic heterocycles. The summed E-state index contributed by atoms with van der Waals surface area (Å²) in [5.74, 6) is 1.32. The first-order chi connectivity index (χ1) is 8.20. The first-order valence-corrected chi connectivity index (χ1v) is 8.34. The van der Waals surface area contributed by atoms with Crippen molar-refractivity contribution in [1.82, 2.24) is 4.90 Å². The number of rotatable bonds is 2. The fraction of sp³-hybridized carbons (Fsp3) is 1.00. The van der Waals surface area contributed by atoms with Gasteiger partial charge in [-0.05, 0) is 44.9 Å².